The number of aromatic hydroxyl groups is 1. The molecule has 4 rings (SSSR count). The number of aliphatic imine (C=N–C) groups is 2. The van der Waals surface area contributed by atoms with Gasteiger partial charge in [-0.1, -0.05) is 39.3 Å². The first-order chi connectivity index (χ1) is 17.0. The molecule has 3 aliphatic heterocycles. The van der Waals surface area contributed by atoms with Gasteiger partial charge >= 0.3 is 5.97 Å². The number of aryl methyl sites for hydroxylation is 1. The molecule has 0 aliphatic carbocycles. The summed E-state index contributed by atoms with van der Waals surface area (Å²) in [4.78, 5) is 23.5. The van der Waals surface area contributed by atoms with Crippen LogP contribution in [0.3, 0.4) is 0 Å². The molecule has 3 N–H and O–H groups in total. The molecule has 0 aromatic heterocycles. The van der Waals surface area contributed by atoms with Gasteiger partial charge < -0.3 is 15.3 Å². The highest BCUT2D eigenvalue weighted by Gasteiger charge is 2.50. The Hall–Kier alpha value is -1.20. The Bertz CT molecular complexity index is 1060. The number of hydrogen-bond acceptors (Lipinski definition) is 9. The third kappa shape index (κ3) is 5.21. The molecule has 0 unspecified atom stereocenters. The van der Waals surface area contributed by atoms with E-state index in [4.69, 9.17) is 4.99 Å². The van der Waals surface area contributed by atoms with E-state index in [9.17, 15) is 20.1 Å². The Balaban J connectivity index is 1.50. The number of benzene rings is 1. The minimum Gasteiger partial charge on any atom is -0.507 e. The Morgan fingerprint density at radius 1 is 1.31 bits per heavy atom. The number of phenolic OH excluding ortho intramolecular Hbond substituents is 1. The van der Waals surface area contributed by atoms with Crippen molar-refractivity contribution in [2.75, 3.05) is 24.3 Å². The lowest BCUT2D eigenvalue weighted by atomic mass is 9.83. The molecule has 5 atom stereocenters. The van der Waals surface area contributed by atoms with Crippen LogP contribution in [0.1, 0.15) is 51.7 Å². The van der Waals surface area contributed by atoms with E-state index in [0.717, 1.165) is 46.9 Å². The van der Waals surface area contributed by atoms with Crippen LogP contribution in [0.15, 0.2) is 28.2 Å². The summed E-state index contributed by atoms with van der Waals surface area (Å²) in [5.41, 5.74) is 0.227. The van der Waals surface area contributed by atoms with Crippen molar-refractivity contribution in [2.45, 2.75) is 76.1 Å². The van der Waals surface area contributed by atoms with Gasteiger partial charge in [0.05, 0.1) is 28.1 Å². The first-order valence-electron chi connectivity index (χ1n) is 12.5. The summed E-state index contributed by atoms with van der Waals surface area (Å²) in [7, 11) is 2.05. The van der Waals surface area contributed by atoms with Crippen LogP contribution in [0, 0.1) is 5.41 Å². The Morgan fingerprint density at radius 2 is 2.06 bits per heavy atom. The van der Waals surface area contributed by atoms with Crippen molar-refractivity contribution in [2.24, 2.45) is 15.4 Å². The molecule has 7 nitrogen and oxygen atoms in total. The predicted octanol–water partition coefficient (Wildman–Crippen LogP) is 4.35. The van der Waals surface area contributed by atoms with Crippen molar-refractivity contribution >= 4 is 51.3 Å². The van der Waals surface area contributed by atoms with Crippen LogP contribution in [0.25, 0.3) is 0 Å². The van der Waals surface area contributed by atoms with E-state index in [-0.39, 0.29) is 17.5 Å². The maximum absolute atomic E-state index is 11.7. The van der Waals surface area contributed by atoms with Crippen molar-refractivity contribution in [3.05, 3.63) is 29.3 Å². The molecular formula is C26H37N3O4S3. The number of carbonyl (C=O) groups is 1. The fourth-order valence-electron chi connectivity index (χ4n) is 4.94. The molecule has 36 heavy (non-hydrogen) atoms. The maximum atomic E-state index is 11.7. The summed E-state index contributed by atoms with van der Waals surface area (Å²) in [6, 6.07) is 5.70. The Kier molecular flexibility index (Phi) is 8.41. The zero-order chi connectivity index (χ0) is 26.3. The topological polar surface area (TPSA) is 106 Å². The number of carboxylic acid groups (broad SMARTS) is 1. The van der Waals surface area contributed by atoms with Crippen molar-refractivity contribution in [1.29, 1.82) is 0 Å². The highest BCUT2D eigenvalue weighted by Crippen LogP contribution is 2.44. The van der Waals surface area contributed by atoms with Gasteiger partial charge in [-0.05, 0) is 38.4 Å². The van der Waals surface area contributed by atoms with Crippen molar-refractivity contribution < 1.29 is 20.1 Å². The number of thioether (sulfide) groups is 3. The number of unbranched alkanes of at least 4 members (excludes halogenated alkanes) is 1. The Labute approximate surface area is 226 Å². The van der Waals surface area contributed by atoms with Gasteiger partial charge in [-0.2, -0.15) is 0 Å². The average Bonchev–Trinajstić information content (AvgIpc) is 3.56. The van der Waals surface area contributed by atoms with Gasteiger partial charge in [0.2, 0.25) is 0 Å². The molecule has 1 fully saturated rings. The SMILES string of the molecule is CCCCc1cccc(O)c1C1=N[C@@H]([C@H]2SC[C@@H]([C@@H](O)C(C)(C)C3=N[C@@](C)(C(=O)O)CS3)N2C)CS1. The molecule has 1 saturated heterocycles. The second-order valence-electron chi connectivity index (χ2n) is 10.6. The number of aliphatic hydroxyl groups is 1. The summed E-state index contributed by atoms with van der Waals surface area (Å²) in [6.45, 7) is 7.72. The van der Waals surface area contributed by atoms with Crippen LogP contribution in [-0.4, -0.2) is 89.7 Å². The van der Waals surface area contributed by atoms with Crippen molar-refractivity contribution in [3.63, 3.8) is 0 Å². The molecule has 0 amide bonds. The van der Waals surface area contributed by atoms with Crippen LogP contribution < -0.4 is 0 Å². The molecule has 3 aliphatic rings. The molecule has 1 aromatic carbocycles. The third-order valence-corrected chi connectivity index (χ3v) is 11.7. The van der Waals surface area contributed by atoms with E-state index >= 15 is 0 Å². The zero-order valence-electron chi connectivity index (χ0n) is 21.6. The smallest absolute Gasteiger partial charge is 0.332 e. The number of carboxylic acids is 1. The third-order valence-electron chi connectivity index (χ3n) is 7.46. The van der Waals surface area contributed by atoms with Crippen LogP contribution in [0.5, 0.6) is 5.75 Å². The first-order valence-corrected chi connectivity index (χ1v) is 15.5. The fraction of sp³-hybridized carbons (Fsp3) is 0.654. The molecule has 1 aromatic rings. The average molecular weight is 552 g/mol. The second kappa shape index (κ2) is 10.9. The summed E-state index contributed by atoms with van der Waals surface area (Å²) in [6.07, 6.45) is 2.40. The van der Waals surface area contributed by atoms with Crippen LogP contribution >= 0.6 is 35.3 Å². The number of rotatable bonds is 9. The number of phenols is 1. The molecule has 3 heterocycles. The van der Waals surface area contributed by atoms with Gasteiger partial charge in [0.1, 0.15) is 10.8 Å². The van der Waals surface area contributed by atoms with E-state index in [2.05, 4.69) is 22.9 Å². The molecule has 0 saturated carbocycles. The highest BCUT2D eigenvalue weighted by atomic mass is 32.2. The number of likely N-dealkylation sites (N-methyl/N-ethyl adjacent to an activating group) is 1. The van der Waals surface area contributed by atoms with Crippen LogP contribution in [-0.2, 0) is 11.2 Å². The summed E-state index contributed by atoms with van der Waals surface area (Å²) in [5.74, 6) is 1.35. The minimum atomic E-state index is -1.14. The van der Waals surface area contributed by atoms with Gasteiger partial charge in [-0.3, -0.25) is 14.9 Å². The first kappa shape index (κ1) is 27.8. The van der Waals surface area contributed by atoms with Crippen LogP contribution in [0.2, 0.25) is 0 Å². The predicted molar refractivity (Wildman–Crippen MR) is 153 cm³/mol. The van der Waals surface area contributed by atoms with Gasteiger partial charge in [-0.25, -0.2) is 4.79 Å². The van der Waals surface area contributed by atoms with E-state index < -0.39 is 23.0 Å². The molecule has 0 radical (unpaired) electrons. The molecule has 0 bridgehead atoms. The summed E-state index contributed by atoms with van der Waals surface area (Å²) >= 11 is 4.95. The minimum absolute atomic E-state index is 0.0624. The van der Waals surface area contributed by atoms with Gasteiger partial charge in [0.25, 0.3) is 0 Å². The summed E-state index contributed by atoms with van der Waals surface area (Å²) in [5, 5.41) is 33.4. The quantitative estimate of drug-likeness (QED) is 0.416. The second-order valence-corrected chi connectivity index (χ2v) is 13.8. The van der Waals surface area contributed by atoms with Gasteiger partial charge in [-0.15, -0.1) is 35.3 Å². The number of aliphatic carboxylic acids is 1. The van der Waals surface area contributed by atoms with Crippen molar-refractivity contribution in [1.82, 2.24) is 4.90 Å². The van der Waals surface area contributed by atoms with Gasteiger partial charge in [0, 0.05) is 28.7 Å². The van der Waals surface area contributed by atoms with E-state index in [1.807, 2.05) is 38.7 Å². The van der Waals surface area contributed by atoms with Crippen LogP contribution in [0.4, 0.5) is 0 Å². The lowest BCUT2D eigenvalue weighted by Gasteiger charge is -2.38. The van der Waals surface area contributed by atoms with E-state index in [1.54, 1.807) is 24.8 Å². The number of aliphatic hydroxyl groups excluding tert-OH is 1. The molecule has 0 spiro atoms. The van der Waals surface area contributed by atoms with Gasteiger partial charge in [0.15, 0.2) is 5.54 Å². The highest BCUT2D eigenvalue weighted by molar-refractivity contribution is 8.15. The molecule has 198 valence electrons. The monoisotopic (exact) mass is 551 g/mol. The van der Waals surface area contributed by atoms with Crippen molar-refractivity contribution in [3.8, 4) is 5.75 Å². The molecule has 10 heteroatoms. The normalized spacial score (nSPS) is 29.9. The lowest BCUT2D eigenvalue weighted by Crippen LogP contribution is -2.51. The van der Waals surface area contributed by atoms with E-state index in [1.165, 1.54) is 11.8 Å². The van der Waals surface area contributed by atoms with E-state index in [0.29, 0.717) is 16.5 Å². The zero-order valence-corrected chi connectivity index (χ0v) is 24.0. The number of nitrogens with zero attached hydrogens (tertiary/aromatic N) is 3. The standard InChI is InChI=1S/C26H37N3O4S3/c1-6-7-9-15-10-8-11-18(30)19(15)21-27-16(12-34-21)22-29(5)17(13-35-22)20(31)25(2,3)23-28-26(4,14-36-23)24(32)33/h8,10-11,16-17,20,22,30-31H,6-7,9,12-14H2,1-5H3,(H,32,33)/t16-,17+,20-,22-,26-/m1/s1. The maximum Gasteiger partial charge on any atom is 0.332 e. The largest absolute Gasteiger partial charge is 0.507 e. The molecular weight excluding hydrogens is 515 g/mol. The number of hydrogen-bond donors (Lipinski definition) is 3. The summed E-state index contributed by atoms with van der Waals surface area (Å²) < 4.78 is 0. The Morgan fingerprint density at radius 3 is 2.72 bits per heavy atom. The fourth-order valence-corrected chi connectivity index (χ4v) is 9.19. The lowest BCUT2D eigenvalue weighted by molar-refractivity contribution is -0.141.